The highest BCUT2D eigenvalue weighted by Crippen LogP contribution is 2.37. The van der Waals surface area contributed by atoms with Crippen LogP contribution < -0.4 is 0 Å². The van der Waals surface area contributed by atoms with E-state index in [4.69, 9.17) is 9.84 Å². The van der Waals surface area contributed by atoms with Crippen molar-refractivity contribution in [1.29, 1.82) is 0 Å². The number of rotatable bonds is 7. The molecule has 0 aromatic heterocycles. The van der Waals surface area contributed by atoms with E-state index in [-0.39, 0.29) is 13.2 Å². The quantitative estimate of drug-likeness (QED) is 0.413. The molecule has 5 heteroatoms. The molecule has 0 atom stereocenters. The Hall–Kier alpha value is -1.10. The number of carbonyl (C=O) groups is 2. The van der Waals surface area contributed by atoms with Gasteiger partial charge in [0.15, 0.2) is 5.41 Å². The molecule has 18 heavy (non-hydrogen) atoms. The minimum Gasteiger partial charge on any atom is -0.480 e. The minimum absolute atomic E-state index is 0.132. The molecule has 5 nitrogen and oxygen atoms in total. The first kappa shape index (κ1) is 15.0. The number of hydrogen-bond donors (Lipinski definition) is 2. The fourth-order valence-electron chi connectivity index (χ4n) is 2.35. The molecule has 0 saturated heterocycles. The van der Waals surface area contributed by atoms with Gasteiger partial charge in [-0.3, -0.25) is 9.59 Å². The molecule has 0 unspecified atom stereocenters. The van der Waals surface area contributed by atoms with Crippen LogP contribution in [0.5, 0.6) is 0 Å². The lowest BCUT2D eigenvalue weighted by molar-refractivity contribution is -0.171. The van der Waals surface area contributed by atoms with E-state index in [0.29, 0.717) is 25.7 Å². The summed E-state index contributed by atoms with van der Waals surface area (Å²) >= 11 is 0. The zero-order valence-electron chi connectivity index (χ0n) is 10.7. The molecule has 0 aliphatic heterocycles. The van der Waals surface area contributed by atoms with Crippen LogP contribution in [0.25, 0.3) is 0 Å². The van der Waals surface area contributed by atoms with Crippen LogP contribution in [0.4, 0.5) is 0 Å². The van der Waals surface area contributed by atoms with E-state index in [1.807, 2.05) is 0 Å². The van der Waals surface area contributed by atoms with Crippen LogP contribution in [-0.2, 0) is 14.3 Å². The average Bonchev–Trinajstić information content (AvgIpc) is 2.39. The summed E-state index contributed by atoms with van der Waals surface area (Å²) in [5.41, 5.74) is -1.31. The van der Waals surface area contributed by atoms with Gasteiger partial charge in [-0.1, -0.05) is 19.3 Å². The van der Waals surface area contributed by atoms with E-state index < -0.39 is 17.4 Å². The number of aliphatic carboxylic acids is 1. The molecule has 1 aliphatic carbocycles. The predicted molar refractivity (Wildman–Crippen MR) is 65.0 cm³/mol. The first-order valence-electron chi connectivity index (χ1n) is 6.65. The van der Waals surface area contributed by atoms with E-state index >= 15 is 0 Å². The van der Waals surface area contributed by atoms with Gasteiger partial charge >= 0.3 is 11.9 Å². The molecule has 0 radical (unpaired) electrons. The minimum atomic E-state index is -1.31. The summed E-state index contributed by atoms with van der Waals surface area (Å²) in [4.78, 5) is 23.3. The summed E-state index contributed by atoms with van der Waals surface area (Å²) in [5.74, 6) is -1.64. The van der Waals surface area contributed by atoms with Gasteiger partial charge in [-0.05, 0) is 32.1 Å². The zero-order chi connectivity index (χ0) is 13.4. The standard InChI is InChI=1S/C13H22O5/c14-9-5-2-6-10-18-12(17)13(11(15)16)7-3-1-4-8-13/h14H,1-10H2,(H,15,16). The largest absolute Gasteiger partial charge is 0.480 e. The van der Waals surface area contributed by atoms with Crippen LogP contribution >= 0.6 is 0 Å². The second kappa shape index (κ2) is 7.36. The van der Waals surface area contributed by atoms with Gasteiger partial charge in [0.2, 0.25) is 0 Å². The third-order valence-electron chi connectivity index (χ3n) is 3.54. The average molecular weight is 258 g/mol. The third-order valence-corrected chi connectivity index (χ3v) is 3.54. The Bertz CT molecular complexity index is 281. The molecule has 1 saturated carbocycles. The molecule has 0 amide bonds. The fraction of sp³-hybridized carbons (Fsp3) is 0.846. The van der Waals surface area contributed by atoms with E-state index in [9.17, 15) is 14.7 Å². The van der Waals surface area contributed by atoms with Gasteiger partial charge in [0.05, 0.1) is 6.61 Å². The van der Waals surface area contributed by atoms with Gasteiger partial charge in [0, 0.05) is 6.61 Å². The highest BCUT2D eigenvalue weighted by atomic mass is 16.5. The normalized spacial score (nSPS) is 18.3. The van der Waals surface area contributed by atoms with Crippen molar-refractivity contribution in [2.75, 3.05) is 13.2 Å². The number of aliphatic hydroxyl groups is 1. The maximum Gasteiger partial charge on any atom is 0.323 e. The highest BCUT2D eigenvalue weighted by Gasteiger charge is 2.48. The van der Waals surface area contributed by atoms with E-state index in [0.717, 1.165) is 25.7 Å². The number of unbranched alkanes of at least 4 members (excludes halogenated alkanes) is 2. The Morgan fingerprint density at radius 1 is 1.06 bits per heavy atom. The van der Waals surface area contributed by atoms with Crippen LogP contribution in [-0.4, -0.2) is 35.4 Å². The van der Waals surface area contributed by atoms with Crippen LogP contribution in [0.1, 0.15) is 51.4 Å². The number of carboxylic acid groups (broad SMARTS) is 1. The van der Waals surface area contributed by atoms with Crippen LogP contribution in [0.15, 0.2) is 0 Å². The molecular weight excluding hydrogens is 236 g/mol. The summed E-state index contributed by atoms with van der Waals surface area (Å²) in [6.07, 6.45) is 5.43. The van der Waals surface area contributed by atoms with Crippen LogP contribution in [0.3, 0.4) is 0 Å². The maximum absolute atomic E-state index is 11.9. The van der Waals surface area contributed by atoms with Crippen molar-refractivity contribution in [3.05, 3.63) is 0 Å². The van der Waals surface area contributed by atoms with E-state index in [1.165, 1.54) is 0 Å². The second-order valence-electron chi connectivity index (χ2n) is 4.87. The summed E-state index contributed by atoms with van der Waals surface area (Å²) < 4.78 is 5.09. The molecule has 0 spiro atoms. The van der Waals surface area contributed by atoms with Gasteiger partial charge in [-0.2, -0.15) is 0 Å². The Kier molecular flexibility index (Phi) is 6.12. The Balaban J connectivity index is 2.43. The van der Waals surface area contributed by atoms with Crippen molar-refractivity contribution < 1.29 is 24.5 Å². The zero-order valence-corrected chi connectivity index (χ0v) is 10.7. The van der Waals surface area contributed by atoms with Gasteiger partial charge in [0.25, 0.3) is 0 Å². The van der Waals surface area contributed by atoms with Crippen molar-refractivity contribution >= 4 is 11.9 Å². The lowest BCUT2D eigenvalue weighted by Crippen LogP contribution is -2.42. The molecule has 1 fully saturated rings. The molecule has 1 rings (SSSR count). The van der Waals surface area contributed by atoms with Crippen molar-refractivity contribution in [3.8, 4) is 0 Å². The molecular formula is C13H22O5. The number of esters is 1. The van der Waals surface area contributed by atoms with Gasteiger partial charge < -0.3 is 14.9 Å². The third kappa shape index (κ3) is 3.70. The highest BCUT2D eigenvalue weighted by molar-refractivity contribution is 5.99. The lowest BCUT2D eigenvalue weighted by atomic mass is 9.74. The van der Waals surface area contributed by atoms with Gasteiger partial charge in [0.1, 0.15) is 0 Å². The Morgan fingerprint density at radius 2 is 1.72 bits per heavy atom. The summed E-state index contributed by atoms with van der Waals surface area (Å²) in [7, 11) is 0. The molecule has 2 N–H and O–H groups in total. The number of carboxylic acids is 1. The van der Waals surface area contributed by atoms with Crippen molar-refractivity contribution in [3.63, 3.8) is 0 Å². The summed E-state index contributed by atoms with van der Waals surface area (Å²) in [5, 5.41) is 17.9. The van der Waals surface area contributed by atoms with Crippen LogP contribution in [0.2, 0.25) is 0 Å². The number of aliphatic hydroxyl groups excluding tert-OH is 1. The van der Waals surface area contributed by atoms with Crippen LogP contribution in [0, 0.1) is 5.41 Å². The molecule has 0 heterocycles. The predicted octanol–water partition coefficient (Wildman–Crippen LogP) is 1.73. The first-order chi connectivity index (χ1) is 8.63. The topological polar surface area (TPSA) is 83.8 Å². The number of hydrogen-bond acceptors (Lipinski definition) is 4. The van der Waals surface area contributed by atoms with Crippen molar-refractivity contribution in [1.82, 2.24) is 0 Å². The summed E-state index contributed by atoms with van der Waals surface area (Å²) in [6.45, 7) is 0.376. The molecule has 0 aromatic carbocycles. The Labute approximate surface area is 107 Å². The van der Waals surface area contributed by atoms with Crippen molar-refractivity contribution in [2.45, 2.75) is 51.4 Å². The van der Waals surface area contributed by atoms with E-state index in [1.54, 1.807) is 0 Å². The fourth-order valence-corrected chi connectivity index (χ4v) is 2.35. The molecule has 104 valence electrons. The maximum atomic E-state index is 11.9. The second-order valence-corrected chi connectivity index (χ2v) is 4.87. The lowest BCUT2D eigenvalue weighted by Gasteiger charge is -2.30. The summed E-state index contributed by atoms with van der Waals surface area (Å²) in [6, 6.07) is 0. The van der Waals surface area contributed by atoms with E-state index in [2.05, 4.69) is 0 Å². The Morgan fingerprint density at radius 3 is 2.28 bits per heavy atom. The van der Waals surface area contributed by atoms with Gasteiger partial charge in [-0.15, -0.1) is 0 Å². The monoisotopic (exact) mass is 258 g/mol. The smallest absolute Gasteiger partial charge is 0.323 e. The molecule has 1 aliphatic rings. The number of carbonyl (C=O) groups excluding carboxylic acids is 1. The number of ether oxygens (including phenoxy) is 1. The molecule has 0 aromatic rings. The van der Waals surface area contributed by atoms with Gasteiger partial charge in [-0.25, -0.2) is 0 Å². The SMILES string of the molecule is O=C(O)C1(C(=O)OCCCCCO)CCCCC1. The molecule has 0 bridgehead atoms. The van der Waals surface area contributed by atoms with Crippen molar-refractivity contribution in [2.24, 2.45) is 5.41 Å². The first-order valence-corrected chi connectivity index (χ1v) is 6.65.